The molecule has 0 aliphatic carbocycles. The van der Waals surface area contributed by atoms with E-state index in [0.29, 0.717) is 19.4 Å². The smallest absolute Gasteiger partial charge is 0.223 e. The van der Waals surface area contributed by atoms with Gasteiger partial charge in [-0.1, -0.05) is 18.2 Å². The molecule has 0 unspecified atom stereocenters. The minimum absolute atomic E-state index is 0.104. The zero-order valence-electron chi connectivity index (χ0n) is 15.5. The van der Waals surface area contributed by atoms with Gasteiger partial charge < -0.3 is 14.3 Å². The summed E-state index contributed by atoms with van der Waals surface area (Å²) in [7, 11) is 0. The minimum Gasteiger partial charge on any atom is -0.458 e. The summed E-state index contributed by atoms with van der Waals surface area (Å²) in [5.74, 6) is 0.861. The highest BCUT2D eigenvalue weighted by Gasteiger charge is 2.36. The molecule has 1 aliphatic heterocycles. The number of thiazole rings is 1. The lowest BCUT2D eigenvalue weighted by Gasteiger charge is -2.33. The van der Waals surface area contributed by atoms with E-state index in [1.807, 2.05) is 47.5 Å². The number of carbonyl (C=O) groups is 1. The highest BCUT2D eigenvalue weighted by atomic mass is 32.1. The van der Waals surface area contributed by atoms with Crippen LogP contribution in [0.4, 0.5) is 0 Å². The van der Waals surface area contributed by atoms with Crippen LogP contribution in [0.3, 0.4) is 0 Å². The Kier molecular flexibility index (Phi) is 4.24. The largest absolute Gasteiger partial charge is 0.458 e. The van der Waals surface area contributed by atoms with Crippen LogP contribution in [0.2, 0.25) is 0 Å². The number of aromatic nitrogens is 3. The number of benzene rings is 1. The number of aryl methyl sites for hydroxylation is 2. The predicted octanol–water partition coefficient (Wildman–Crippen LogP) is 4.03. The van der Waals surface area contributed by atoms with Gasteiger partial charge in [-0.2, -0.15) is 0 Å². The molecule has 4 heterocycles. The Morgan fingerprint density at radius 1 is 1.39 bits per heavy atom. The molecule has 1 aromatic carbocycles. The maximum absolute atomic E-state index is 13.1. The number of rotatable bonds is 4. The third-order valence-corrected chi connectivity index (χ3v) is 6.21. The van der Waals surface area contributed by atoms with E-state index < -0.39 is 0 Å². The van der Waals surface area contributed by atoms with Crippen molar-refractivity contribution in [2.45, 2.75) is 32.2 Å². The molecule has 142 valence electrons. The molecule has 1 aliphatic rings. The van der Waals surface area contributed by atoms with Crippen molar-refractivity contribution < 1.29 is 9.21 Å². The number of fused-ring (bicyclic) bond motifs is 2. The molecule has 0 saturated carbocycles. The molecule has 1 atom stereocenters. The molecule has 0 spiro atoms. The molecule has 0 radical (unpaired) electrons. The number of nitrogens with one attached hydrogen (secondary N) is 1. The number of hydrogen-bond acceptors (Lipinski definition) is 5. The lowest BCUT2D eigenvalue weighted by atomic mass is 9.99. The van der Waals surface area contributed by atoms with Crippen LogP contribution in [-0.2, 0) is 17.6 Å². The van der Waals surface area contributed by atoms with Gasteiger partial charge >= 0.3 is 0 Å². The SMILES string of the molecule is Cc1csc(CCC(=O)N2CCc3[nH]cnc3[C@@H]2c2cc3ccccc3o2)n1. The first-order valence-corrected chi connectivity index (χ1v) is 10.3. The van der Waals surface area contributed by atoms with Crippen LogP contribution in [0, 0.1) is 6.92 Å². The number of imidazole rings is 1. The molecule has 5 rings (SSSR count). The van der Waals surface area contributed by atoms with E-state index >= 15 is 0 Å². The highest BCUT2D eigenvalue weighted by Crippen LogP contribution is 2.36. The summed E-state index contributed by atoms with van der Waals surface area (Å²) in [4.78, 5) is 27.2. The summed E-state index contributed by atoms with van der Waals surface area (Å²) in [6.07, 6.45) is 3.57. The molecular formula is C21H20N4O2S. The summed E-state index contributed by atoms with van der Waals surface area (Å²) in [5.41, 5.74) is 3.78. The average Bonchev–Trinajstić information content (AvgIpc) is 3.43. The number of carbonyl (C=O) groups excluding carboxylic acids is 1. The number of furan rings is 1. The molecule has 1 N–H and O–H groups in total. The van der Waals surface area contributed by atoms with E-state index in [1.54, 1.807) is 17.7 Å². The van der Waals surface area contributed by atoms with Crippen LogP contribution in [0.5, 0.6) is 0 Å². The minimum atomic E-state index is -0.298. The summed E-state index contributed by atoms with van der Waals surface area (Å²) in [5, 5.41) is 4.06. The molecule has 7 heteroatoms. The van der Waals surface area contributed by atoms with Crippen LogP contribution >= 0.6 is 11.3 Å². The summed E-state index contributed by atoms with van der Waals surface area (Å²) >= 11 is 1.61. The molecule has 0 bridgehead atoms. The van der Waals surface area contributed by atoms with Crippen molar-refractivity contribution in [3.63, 3.8) is 0 Å². The number of para-hydroxylation sites is 1. The van der Waals surface area contributed by atoms with E-state index in [4.69, 9.17) is 4.42 Å². The Bertz CT molecular complexity index is 1110. The lowest BCUT2D eigenvalue weighted by Crippen LogP contribution is -2.40. The van der Waals surface area contributed by atoms with Gasteiger partial charge in [0.2, 0.25) is 5.91 Å². The normalized spacial score (nSPS) is 16.5. The van der Waals surface area contributed by atoms with Gasteiger partial charge in [-0.15, -0.1) is 11.3 Å². The highest BCUT2D eigenvalue weighted by molar-refractivity contribution is 7.09. The fourth-order valence-electron chi connectivity index (χ4n) is 3.85. The van der Waals surface area contributed by atoms with Crippen LogP contribution < -0.4 is 0 Å². The molecule has 28 heavy (non-hydrogen) atoms. The fraction of sp³-hybridized carbons (Fsp3) is 0.286. The van der Waals surface area contributed by atoms with Crippen molar-refractivity contribution in [2.75, 3.05) is 6.54 Å². The topological polar surface area (TPSA) is 75.0 Å². The maximum Gasteiger partial charge on any atom is 0.223 e. The average molecular weight is 392 g/mol. The van der Waals surface area contributed by atoms with Gasteiger partial charge in [0.15, 0.2) is 0 Å². The van der Waals surface area contributed by atoms with Crippen molar-refractivity contribution in [2.24, 2.45) is 0 Å². The first-order chi connectivity index (χ1) is 13.7. The molecule has 0 fully saturated rings. The third-order valence-electron chi connectivity index (χ3n) is 5.18. The second-order valence-electron chi connectivity index (χ2n) is 7.08. The number of amides is 1. The van der Waals surface area contributed by atoms with Crippen LogP contribution in [0.15, 0.2) is 46.5 Å². The maximum atomic E-state index is 13.1. The third kappa shape index (κ3) is 3.01. The van der Waals surface area contributed by atoms with Crippen LogP contribution in [0.1, 0.15) is 40.3 Å². The predicted molar refractivity (Wildman–Crippen MR) is 107 cm³/mol. The van der Waals surface area contributed by atoms with Gasteiger partial charge in [-0.3, -0.25) is 4.79 Å². The standard InChI is InChI=1S/C21H20N4O2S/c1-13-11-28-18(24-13)6-7-19(26)25-9-8-15-20(23-12-22-15)21(25)17-10-14-4-2-3-5-16(14)27-17/h2-5,10-12,21H,6-9H2,1H3,(H,22,23)/t21-/m0/s1. The van der Waals surface area contributed by atoms with E-state index in [-0.39, 0.29) is 11.9 Å². The Morgan fingerprint density at radius 3 is 3.11 bits per heavy atom. The Labute approximate surface area is 166 Å². The van der Waals surface area contributed by atoms with E-state index in [1.165, 1.54) is 0 Å². The van der Waals surface area contributed by atoms with Crippen LogP contribution in [0.25, 0.3) is 11.0 Å². The Balaban J connectivity index is 1.46. The first-order valence-electron chi connectivity index (χ1n) is 9.40. The Morgan fingerprint density at radius 2 is 2.29 bits per heavy atom. The van der Waals surface area contributed by atoms with Crippen molar-refractivity contribution in [3.8, 4) is 0 Å². The molecule has 4 aromatic rings. The van der Waals surface area contributed by atoms with Gasteiger partial charge in [-0.05, 0) is 19.1 Å². The molecule has 6 nitrogen and oxygen atoms in total. The number of H-pyrrole nitrogens is 1. The molecule has 0 saturated heterocycles. The van der Waals surface area contributed by atoms with Gasteiger partial charge in [0.1, 0.15) is 17.4 Å². The van der Waals surface area contributed by atoms with E-state index in [9.17, 15) is 4.79 Å². The van der Waals surface area contributed by atoms with Gasteiger partial charge in [0, 0.05) is 48.0 Å². The van der Waals surface area contributed by atoms with Gasteiger partial charge in [0.25, 0.3) is 0 Å². The van der Waals surface area contributed by atoms with Crippen molar-refractivity contribution in [3.05, 3.63) is 69.9 Å². The Hall–Kier alpha value is -2.93. The molecule has 3 aromatic heterocycles. The number of nitrogens with zero attached hydrogens (tertiary/aromatic N) is 3. The second kappa shape index (κ2) is 6.91. The van der Waals surface area contributed by atoms with E-state index in [2.05, 4.69) is 15.0 Å². The van der Waals surface area contributed by atoms with Crippen LogP contribution in [-0.4, -0.2) is 32.3 Å². The van der Waals surface area contributed by atoms with Crippen molar-refractivity contribution in [1.82, 2.24) is 19.9 Å². The van der Waals surface area contributed by atoms with Crippen molar-refractivity contribution in [1.29, 1.82) is 0 Å². The fourth-order valence-corrected chi connectivity index (χ4v) is 4.62. The second-order valence-corrected chi connectivity index (χ2v) is 8.02. The monoisotopic (exact) mass is 392 g/mol. The first kappa shape index (κ1) is 17.2. The zero-order valence-corrected chi connectivity index (χ0v) is 16.3. The summed E-state index contributed by atoms with van der Waals surface area (Å²) in [6.45, 7) is 2.62. The van der Waals surface area contributed by atoms with E-state index in [0.717, 1.165) is 45.2 Å². The van der Waals surface area contributed by atoms with Gasteiger partial charge in [-0.25, -0.2) is 9.97 Å². The van der Waals surface area contributed by atoms with Gasteiger partial charge in [0.05, 0.1) is 17.0 Å². The summed E-state index contributed by atoms with van der Waals surface area (Å²) < 4.78 is 6.12. The molecular weight excluding hydrogens is 372 g/mol. The van der Waals surface area contributed by atoms with Crippen molar-refractivity contribution >= 4 is 28.2 Å². The number of hydrogen-bond donors (Lipinski definition) is 1. The quantitative estimate of drug-likeness (QED) is 0.569. The lowest BCUT2D eigenvalue weighted by molar-refractivity contribution is -0.133. The molecule has 1 amide bonds. The number of aromatic amines is 1. The summed E-state index contributed by atoms with van der Waals surface area (Å²) in [6, 6.07) is 9.64. The zero-order chi connectivity index (χ0) is 19.1.